The molecule has 1 aliphatic carbocycles. The number of nitrogens with two attached hydrogens (primary N) is 1. The van der Waals surface area contributed by atoms with Crippen LogP contribution in [-0.2, 0) is 9.53 Å². The van der Waals surface area contributed by atoms with Gasteiger partial charge in [-0.2, -0.15) is 0 Å². The summed E-state index contributed by atoms with van der Waals surface area (Å²) in [6, 6.07) is 5.60. The molecule has 2 rings (SSSR count). The molecule has 1 aliphatic rings. The van der Waals surface area contributed by atoms with E-state index in [0.29, 0.717) is 6.04 Å². The first-order valence-corrected chi connectivity index (χ1v) is 7.01. The van der Waals surface area contributed by atoms with Crippen molar-refractivity contribution in [1.29, 1.82) is 0 Å². The molecule has 5 nitrogen and oxygen atoms in total. The van der Waals surface area contributed by atoms with E-state index >= 15 is 0 Å². The van der Waals surface area contributed by atoms with Gasteiger partial charge >= 0.3 is 0 Å². The van der Waals surface area contributed by atoms with Gasteiger partial charge in [-0.3, -0.25) is 4.79 Å². The lowest BCUT2D eigenvalue weighted by Gasteiger charge is -2.15. The Balaban J connectivity index is 2.08. The number of methoxy groups -OCH3 is 1. The smallest absolute Gasteiger partial charge is 0.243 e. The highest BCUT2D eigenvalue weighted by molar-refractivity contribution is 9.10. The van der Waals surface area contributed by atoms with Crippen molar-refractivity contribution in [1.82, 2.24) is 0 Å². The van der Waals surface area contributed by atoms with Crippen LogP contribution in [0, 0.1) is 0 Å². The van der Waals surface area contributed by atoms with Crippen LogP contribution < -0.4 is 16.4 Å². The Hall–Kier alpha value is -1.11. The highest BCUT2D eigenvalue weighted by atomic mass is 79.9. The van der Waals surface area contributed by atoms with Gasteiger partial charge in [0.15, 0.2) is 0 Å². The van der Waals surface area contributed by atoms with E-state index in [2.05, 4.69) is 26.6 Å². The summed E-state index contributed by atoms with van der Waals surface area (Å²) >= 11 is 3.40. The van der Waals surface area contributed by atoms with Crippen LogP contribution in [0.4, 0.5) is 11.4 Å². The molecule has 1 saturated carbocycles. The van der Waals surface area contributed by atoms with Crippen molar-refractivity contribution in [3.05, 3.63) is 22.7 Å². The molecule has 1 aromatic carbocycles. The third-order valence-electron chi connectivity index (χ3n) is 2.86. The fraction of sp³-hybridized carbons (Fsp3) is 0.462. The number of halogens is 1. The molecule has 0 aliphatic heterocycles. The van der Waals surface area contributed by atoms with Crippen molar-refractivity contribution in [2.75, 3.05) is 24.4 Å². The Morgan fingerprint density at radius 3 is 2.89 bits per heavy atom. The maximum Gasteiger partial charge on any atom is 0.243 e. The van der Waals surface area contributed by atoms with Crippen LogP contribution >= 0.6 is 15.9 Å². The third kappa shape index (κ3) is 4.19. The summed E-state index contributed by atoms with van der Waals surface area (Å²) in [4.78, 5) is 11.9. The number of carbonyl (C=O) groups is 1. The van der Waals surface area contributed by atoms with Crippen LogP contribution in [0.2, 0.25) is 0 Å². The molecule has 6 heteroatoms. The minimum absolute atomic E-state index is 0.200. The predicted octanol–water partition coefficient (Wildman–Crippen LogP) is 1.94. The molecule has 1 fully saturated rings. The molecule has 0 bridgehead atoms. The first-order chi connectivity index (χ1) is 9.10. The summed E-state index contributed by atoms with van der Waals surface area (Å²) in [5.41, 5.74) is 7.36. The van der Waals surface area contributed by atoms with E-state index in [1.165, 1.54) is 20.0 Å². The maximum atomic E-state index is 11.9. The second-order valence-electron chi connectivity index (χ2n) is 4.66. The summed E-state index contributed by atoms with van der Waals surface area (Å²) in [7, 11) is 1.52. The third-order valence-corrected chi connectivity index (χ3v) is 3.35. The molecule has 0 saturated heterocycles. The molecular weight excluding hydrogens is 310 g/mol. The van der Waals surface area contributed by atoms with Crippen LogP contribution in [0.25, 0.3) is 0 Å². The number of amides is 1. The van der Waals surface area contributed by atoms with Crippen LogP contribution in [0.3, 0.4) is 0 Å². The number of ether oxygens (including phenoxy) is 1. The lowest BCUT2D eigenvalue weighted by molar-refractivity contribution is -0.118. The van der Waals surface area contributed by atoms with Crippen LogP contribution in [0.15, 0.2) is 22.7 Å². The fourth-order valence-corrected chi connectivity index (χ4v) is 2.04. The molecule has 19 heavy (non-hydrogen) atoms. The fourth-order valence-electron chi connectivity index (χ4n) is 1.67. The molecule has 0 heterocycles. The summed E-state index contributed by atoms with van der Waals surface area (Å²) in [5, 5.41) is 6.21. The Morgan fingerprint density at radius 2 is 2.26 bits per heavy atom. The lowest BCUT2D eigenvalue weighted by Crippen LogP contribution is -2.39. The Kier molecular flexibility index (Phi) is 4.79. The molecular formula is C13H18BrN3O2. The van der Waals surface area contributed by atoms with Crippen molar-refractivity contribution >= 4 is 33.2 Å². The van der Waals surface area contributed by atoms with Gasteiger partial charge < -0.3 is 21.1 Å². The first-order valence-electron chi connectivity index (χ1n) is 6.21. The van der Waals surface area contributed by atoms with Crippen molar-refractivity contribution in [3.63, 3.8) is 0 Å². The lowest BCUT2D eigenvalue weighted by atomic mass is 10.2. The van der Waals surface area contributed by atoms with Crippen LogP contribution in [0.5, 0.6) is 0 Å². The van der Waals surface area contributed by atoms with Gasteiger partial charge in [-0.25, -0.2) is 0 Å². The second kappa shape index (κ2) is 6.36. The van der Waals surface area contributed by atoms with Gasteiger partial charge in [0, 0.05) is 17.6 Å². The quantitative estimate of drug-likeness (QED) is 0.746. The van der Waals surface area contributed by atoms with Gasteiger partial charge in [0.1, 0.15) is 6.04 Å². The van der Waals surface area contributed by atoms with Gasteiger partial charge in [-0.05, 0) is 31.0 Å². The number of hydrogen-bond donors (Lipinski definition) is 3. The van der Waals surface area contributed by atoms with Crippen molar-refractivity contribution < 1.29 is 9.53 Å². The van der Waals surface area contributed by atoms with E-state index in [0.717, 1.165) is 15.8 Å². The highest BCUT2D eigenvalue weighted by Gasteiger charge is 2.22. The largest absolute Gasteiger partial charge is 0.383 e. The SMILES string of the molecule is COCC(N)C(=O)Nc1cc(Br)ccc1NC1CC1. The minimum Gasteiger partial charge on any atom is -0.383 e. The Morgan fingerprint density at radius 1 is 1.53 bits per heavy atom. The van der Waals surface area contributed by atoms with Gasteiger partial charge in [0.25, 0.3) is 0 Å². The number of anilines is 2. The van der Waals surface area contributed by atoms with Crippen molar-refractivity contribution in [3.8, 4) is 0 Å². The molecule has 1 atom stereocenters. The predicted molar refractivity (Wildman–Crippen MR) is 79.3 cm³/mol. The van der Waals surface area contributed by atoms with Gasteiger partial charge in [0.05, 0.1) is 18.0 Å². The highest BCUT2D eigenvalue weighted by Crippen LogP contribution is 2.31. The molecule has 0 aromatic heterocycles. The average Bonchev–Trinajstić information content (AvgIpc) is 3.17. The molecule has 1 aromatic rings. The topological polar surface area (TPSA) is 76.4 Å². The number of rotatable bonds is 6. The Labute approximate surface area is 121 Å². The first kappa shape index (κ1) is 14.3. The molecule has 1 amide bonds. The Bertz CT molecular complexity index is 463. The number of nitrogens with one attached hydrogen (secondary N) is 2. The van der Waals surface area contributed by atoms with Gasteiger partial charge in [0.2, 0.25) is 5.91 Å². The molecule has 1 unspecified atom stereocenters. The monoisotopic (exact) mass is 327 g/mol. The maximum absolute atomic E-state index is 11.9. The van der Waals surface area contributed by atoms with Crippen LogP contribution in [-0.4, -0.2) is 31.7 Å². The average molecular weight is 328 g/mol. The zero-order valence-electron chi connectivity index (χ0n) is 10.8. The minimum atomic E-state index is -0.669. The number of hydrogen-bond acceptors (Lipinski definition) is 4. The number of carbonyl (C=O) groups excluding carboxylic acids is 1. The van der Waals surface area contributed by atoms with Crippen molar-refractivity contribution in [2.24, 2.45) is 5.73 Å². The standard InChI is InChI=1S/C13H18BrN3O2/c1-19-7-10(15)13(18)17-12-6-8(14)2-5-11(12)16-9-3-4-9/h2,5-6,9-10,16H,3-4,7,15H2,1H3,(H,17,18). The summed E-state index contributed by atoms with van der Waals surface area (Å²) < 4.78 is 5.79. The normalized spacial score (nSPS) is 15.9. The van der Waals surface area contributed by atoms with E-state index in [4.69, 9.17) is 10.5 Å². The summed E-state index contributed by atoms with van der Waals surface area (Å²) in [5.74, 6) is -0.251. The van der Waals surface area contributed by atoms with Crippen LogP contribution in [0.1, 0.15) is 12.8 Å². The van der Waals surface area contributed by atoms with E-state index in [1.807, 2.05) is 18.2 Å². The van der Waals surface area contributed by atoms with Gasteiger partial charge in [-0.15, -0.1) is 0 Å². The van der Waals surface area contributed by atoms with E-state index in [-0.39, 0.29) is 12.5 Å². The van der Waals surface area contributed by atoms with E-state index in [9.17, 15) is 4.79 Å². The van der Waals surface area contributed by atoms with Crippen molar-refractivity contribution in [2.45, 2.75) is 24.9 Å². The zero-order valence-corrected chi connectivity index (χ0v) is 12.4. The summed E-state index contributed by atoms with van der Waals surface area (Å²) in [6.07, 6.45) is 2.35. The molecule has 0 spiro atoms. The van der Waals surface area contributed by atoms with E-state index in [1.54, 1.807) is 0 Å². The summed E-state index contributed by atoms with van der Waals surface area (Å²) in [6.45, 7) is 0.200. The second-order valence-corrected chi connectivity index (χ2v) is 5.58. The van der Waals surface area contributed by atoms with E-state index < -0.39 is 6.04 Å². The molecule has 104 valence electrons. The molecule has 4 N–H and O–H groups in total. The molecule has 0 radical (unpaired) electrons. The van der Waals surface area contributed by atoms with Gasteiger partial charge in [-0.1, -0.05) is 15.9 Å². The number of benzene rings is 1. The zero-order chi connectivity index (χ0) is 13.8.